The molecule has 1 aliphatic carbocycles. The van der Waals surface area contributed by atoms with Crippen LogP contribution in [0.25, 0.3) is 0 Å². The maximum atomic E-state index is 8.70. The van der Waals surface area contributed by atoms with Crippen molar-refractivity contribution in [3.05, 3.63) is 34.3 Å². The number of nitrogens with zero attached hydrogens (tertiary/aromatic N) is 2. The zero-order chi connectivity index (χ0) is 15.4. The van der Waals surface area contributed by atoms with Gasteiger partial charge in [-0.15, -0.1) is 0 Å². The van der Waals surface area contributed by atoms with Crippen LogP contribution in [-0.4, -0.2) is 29.0 Å². The topological polar surface area (TPSA) is 61.8 Å². The van der Waals surface area contributed by atoms with Crippen molar-refractivity contribution < 1.29 is 5.21 Å². The van der Waals surface area contributed by atoms with Crippen molar-refractivity contribution in [3.8, 4) is 0 Å². The number of halogens is 1. The summed E-state index contributed by atoms with van der Waals surface area (Å²) >= 11 is 6.32. The Balaban J connectivity index is 2.05. The summed E-state index contributed by atoms with van der Waals surface area (Å²) in [5, 5.41) is 12.4. The molecule has 0 radical (unpaired) electrons. The van der Waals surface area contributed by atoms with E-state index in [0.717, 1.165) is 18.0 Å². The molecule has 0 heterocycles. The predicted octanol–water partition coefficient (Wildman–Crippen LogP) is 3.45. The fraction of sp³-hybridized carbons (Fsp3) is 0.562. The van der Waals surface area contributed by atoms with Crippen LogP contribution in [-0.2, 0) is 6.54 Å². The number of benzene rings is 1. The van der Waals surface area contributed by atoms with E-state index in [1.165, 1.54) is 25.7 Å². The van der Waals surface area contributed by atoms with Crippen molar-refractivity contribution in [3.63, 3.8) is 0 Å². The predicted molar refractivity (Wildman–Crippen MR) is 86.8 cm³/mol. The number of hydrogen-bond acceptors (Lipinski definition) is 3. The average Bonchev–Trinajstić information content (AvgIpc) is 2.48. The van der Waals surface area contributed by atoms with Gasteiger partial charge in [0.25, 0.3) is 0 Å². The molecule has 1 aromatic carbocycles. The standard InChI is InChI=1S/C16H24ClN3O/c1-11-4-3-5-14(8-11)20(2)10-13-7-6-12(9-15(13)17)16(18)19-21/h6-7,9,11,14,21H,3-5,8,10H2,1-2H3,(H2,18,19). The van der Waals surface area contributed by atoms with Gasteiger partial charge in [0.15, 0.2) is 5.84 Å². The SMILES string of the molecule is CC1CCCC(N(C)Cc2ccc(/C(N)=N/O)cc2Cl)C1. The second-order valence-corrected chi connectivity index (χ2v) is 6.54. The largest absolute Gasteiger partial charge is 0.409 e. The number of nitrogens with two attached hydrogens (primary N) is 1. The number of oxime groups is 1. The van der Waals surface area contributed by atoms with E-state index in [9.17, 15) is 0 Å². The van der Waals surface area contributed by atoms with Crippen LogP contribution >= 0.6 is 11.6 Å². The molecular weight excluding hydrogens is 286 g/mol. The molecule has 21 heavy (non-hydrogen) atoms. The Hall–Kier alpha value is -1.26. The van der Waals surface area contributed by atoms with Gasteiger partial charge in [-0.2, -0.15) is 0 Å². The zero-order valence-corrected chi connectivity index (χ0v) is 13.5. The molecule has 1 aliphatic rings. The third kappa shape index (κ3) is 4.11. The van der Waals surface area contributed by atoms with Crippen LogP contribution in [0.2, 0.25) is 5.02 Å². The molecule has 1 saturated carbocycles. The molecule has 0 saturated heterocycles. The van der Waals surface area contributed by atoms with Gasteiger partial charge in [-0.05, 0) is 37.4 Å². The normalized spacial score (nSPS) is 23.5. The van der Waals surface area contributed by atoms with Crippen LogP contribution in [0.15, 0.2) is 23.4 Å². The summed E-state index contributed by atoms with van der Waals surface area (Å²) in [7, 11) is 2.16. The first kappa shape index (κ1) is 16.1. The third-order valence-corrected chi connectivity index (χ3v) is 4.76. The van der Waals surface area contributed by atoms with Crippen molar-refractivity contribution in [2.75, 3.05) is 7.05 Å². The number of rotatable bonds is 4. The van der Waals surface area contributed by atoms with Crippen LogP contribution < -0.4 is 5.73 Å². The molecule has 0 aromatic heterocycles. The van der Waals surface area contributed by atoms with E-state index in [0.29, 0.717) is 16.6 Å². The summed E-state index contributed by atoms with van der Waals surface area (Å²) in [6.45, 7) is 3.16. The van der Waals surface area contributed by atoms with Crippen LogP contribution in [0.3, 0.4) is 0 Å². The van der Waals surface area contributed by atoms with Gasteiger partial charge < -0.3 is 10.9 Å². The second kappa shape index (κ2) is 7.14. The van der Waals surface area contributed by atoms with E-state index in [1.54, 1.807) is 6.07 Å². The highest BCUT2D eigenvalue weighted by Crippen LogP contribution is 2.28. The highest BCUT2D eigenvalue weighted by Gasteiger charge is 2.22. The Morgan fingerprint density at radius 2 is 2.24 bits per heavy atom. The molecule has 0 aliphatic heterocycles. The van der Waals surface area contributed by atoms with Crippen LogP contribution in [0.4, 0.5) is 0 Å². The second-order valence-electron chi connectivity index (χ2n) is 6.13. The molecule has 1 fully saturated rings. The van der Waals surface area contributed by atoms with Crippen molar-refractivity contribution in [2.45, 2.75) is 45.2 Å². The van der Waals surface area contributed by atoms with Gasteiger partial charge in [0.2, 0.25) is 0 Å². The first-order chi connectivity index (χ1) is 10.0. The van der Waals surface area contributed by atoms with Crippen LogP contribution in [0.1, 0.15) is 43.7 Å². The van der Waals surface area contributed by atoms with Gasteiger partial charge in [-0.3, -0.25) is 4.90 Å². The molecule has 0 spiro atoms. The van der Waals surface area contributed by atoms with E-state index in [-0.39, 0.29) is 5.84 Å². The van der Waals surface area contributed by atoms with Crippen molar-refractivity contribution in [1.29, 1.82) is 0 Å². The van der Waals surface area contributed by atoms with Crippen molar-refractivity contribution in [1.82, 2.24) is 4.90 Å². The fourth-order valence-electron chi connectivity index (χ4n) is 3.09. The minimum absolute atomic E-state index is 0.0814. The first-order valence-electron chi connectivity index (χ1n) is 7.47. The Labute approximate surface area is 131 Å². The Morgan fingerprint density at radius 3 is 2.86 bits per heavy atom. The summed E-state index contributed by atoms with van der Waals surface area (Å²) in [4.78, 5) is 2.39. The van der Waals surface area contributed by atoms with Gasteiger partial charge in [-0.1, -0.05) is 48.7 Å². The molecule has 4 nitrogen and oxygen atoms in total. The average molecular weight is 310 g/mol. The molecule has 5 heteroatoms. The molecule has 3 N–H and O–H groups in total. The Kier molecular flexibility index (Phi) is 5.48. The van der Waals surface area contributed by atoms with Gasteiger partial charge in [0.1, 0.15) is 0 Å². The van der Waals surface area contributed by atoms with Gasteiger partial charge in [0.05, 0.1) is 0 Å². The molecule has 2 rings (SSSR count). The Morgan fingerprint density at radius 1 is 1.48 bits per heavy atom. The maximum absolute atomic E-state index is 8.70. The minimum atomic E-state index is 0.0814. The molecule has 116 valence electrons. The van der Waals surface area contributed by atoms with E-state index < -0.39 is 0 Å². The van der Waals surface area contributed by atoms with Crippen LogP contribution in [0, 0.1) is 5.92 Å². The van der Waals surface area contributed by atoms with Crippen molar-refractivity contribution in [2.24, 2.45) is 16.8 Å². The van der Waals surface area contributed by atoms with Gasteiger partial charge >= 0.3 is 0 Å². The molecule has 1 aromatic rings. The molecular formula is C16H24ClN3O. The number of hydrogen-bond donors (Lipinski definition) is 2. The number of amidine groups is 1. The molecule has 0 amide bonds. The summed E-state index contributed by atoms with van der Waals surface area (Å²) in [5.74, 6) is 0.891. The third-order valence-electron chi connectivity index (χ3n) is 4.41. The van der Waals surface area contributed by atoms with E-state index in [1.807, 2.05) is 12.1 Å². The lowest BCUT2D eigenvalue weighted by Gasteiger charge is -2.34. The van der Waals surface area contributed by atoms with E-state index in [4.69, 9.17) is 22.5 Å². The Bertz CT molecular complexity index is 518. The highest BCUT2D eigenvalue weighted by atomic mass is 35.5. The monoisotopic (exact) mass is 309 g/mol. The quantitative estimate of drug-likeness (QED) is 0.387. The molecule has 2 unspecified atom stereocenters. The van der Waals surface area contributed by atoms with Gasteiger partial charge in [0, 0.05) is 23.2 Å². The zero-order valence-electron chi connectivity index (χ0n) is 12.7. The van der Waals surface area contributed by atoms with Gasteiger partial charge in [-0.25, -0.2) is 0 Å². The lowest BCUT2D eigenvalue weighted by molar-refractivity contribution is 0.158. The fourth-order valence-corrected chi connectivity index (χ4v) is 3.33. The lowest BCUT2D eigenvalue weighted by Crippen LogP contribution is -2.35. The minimum Gasteiger partial charge on any atom is -0.409 e. The smallest absolute Gasteiger partial charge is 0.170 e. The molecule has 0 bridgehead atoms. The summed E-state index contributed by atoms with van der Waals surface area (Å²) < 4.78 is 0. The van der Waals surface area contributed by atoms with E-state index in [2.05, 4.69) is 24.0 Å². The van der Waals surface area contributed by atoms with E-state index >= 15 is 0 Å². The first-order valence-corrected chi connectivity index (χ1v) is 7.85. The summed E-state index contributed by atoms with van der Waals surface area (Å²) in [5.41, 5.74) is 7.29. The maximum Gasteiger partial charge on any atom is 0.170 e. The summed E-state index contributed by atoms with van der Waals surface area (Å²) in [6.07, 6.45) is 5.18. The summed E-state index contributed by atoms with van der Waals surface area (Å²) in [6, 6.07) is 6.18. The highest BCUT2D eigenvalue weighted by molar-refractivity contribution is 6.31. The lowest BCUT2D eigenvalue weighted by atomic mass is 9.86. The molecule has 2 atom stereocenters. The van der Waals surface area contributed by atoms with Crippen LogP contribution in [0.5, 0.6) is 0 Å². The van der Waals surface area contributed by atoms with Crippen molar-refractivity contribution >= 4 is 17.4 Å².